The van der Waals surface area contributed by atoms with Crippen LogP contribution in [0, 0.1) is 0 Å². The number of ether oxygens (including phenoxy) is 1. The molecule has 0 saturated carbocycles. The van der Waals surface area contributed by atoms with Crippen molar-refractivity contribution < 1.29 is 20.5 Å². The van der Waals surface area contributed by atoms with Crippen LogP contribution in [0.4, 0.5) is 0 Å². The molecule has 0 saturated heterocycles. The molecule has 1 rings (SSSR count). The first-order valence-corrected chi connectivity index (χ1v) is 7.44. The molecule has 0 atom stereocenters. The fourth-order valence-electron chi connectivity index (χ4n) is 2.06. The largest absolute Gasteiger partial charge is 0.460 e. The van der Waals surface area contributed by atoms with Crippen molar-refractivity contribution in [1.29, 1.82) is 0 Å². The summed E-state index contributed by atoms with van der Waals surface area (Å²) in [5.74, 6) is -1.70. The SMILES string of the molecule is C=C(C)C(=O)NC(C)(C)Cc1ccc(C(=O)C(=O)OCC)cc1.[HH]. The molecule has 0 aliphatic heterocycles. The maximum Gasteiger partial charge on any atom is 0.379 e. The van der Waals surface area contributed by atoms with Gasteiger partial charge in [0, 0.05) is 18.1 Å². The number of ketones is 1. The van der Waals surface area contributed by atoms with Crippen molar-refractivity contribution >= 4 is 17.7 Å². The topological polar surface area (TPSA) is 72.5 Å². The van der Waals surface area contributed by atoms with Crippen molar-refractivity contribution in [3.05, 3.63) is 47.5 Å². The minimum Gasteiger partial charge on any atom is -0.460 e. The third-order valence-corrected chi connectivity index (χ3v) is 3.16. The van der Waals surface area contributed by atoms with E-state index in [9.17, 15) is 14.4 Å². The average molecular weight is 319 g/mol. The minimum absolute atomic E-state index is 0. The zero-order valence-corrected chi connectivity index (χ0v) is 14.1. The van der Waals surface area contributed by atoms with Crippen LogP contribution in [0.15, 0.2) is 36.4 Å². The van der Waals surface area contributed by atoms with E-state index in [4.69, 9.17) is 4.74 Å². The van der Waals surface area contributed by atoms with Gasteiger partial charge in [0.25, 0.3) is 5.78 Å². The van der Waals surface area contributed by atoms with Gasteiger partial charge in [0.1, 0.15) is 0 Å². The third-order valence-electron chi connectivity index (χ3n) is 3.16. The first-order valence-electron chi connectivity index (χ1n) is 7.44. The number of benzene rings is 1. The molecule has 0 fully saturated rings. The lowest BCUT2D eigenvalue weighted by molar-refractivity contribution is -0.137. The molecule has 0 unspecified atom stereocenters. The summed E-state index contributed by atoms with van der Waals surface area (Å²) in [6.45, 7) is 10.9. The van der Waals surface area contributed by atoms with E-state index < -0.39 is 17.3 Å². The van der Waals surface area contributed by atoms with E-state index in [1.54, 1.807) is 38.1 Å². The number of Topliss-reactive ketones (excluding diaryl/α,β-unsaturated/α-hetero) is 1. The standard InChI is InChI=1S/C18H23NO4.H2/c1-6-23-17(22)15(20)14-9-7-13(8-10-14)11-18(4,5)19-16(21)12(2)3;/h7-10H,2,6,11H2,1,3-5H3,(H,19,21);1H. The highest BCUT2D eigenvalue weighted by molar-refractivity contribution is 6.40. The van der Waals surface area contributed by atoms with Crippen molar-refractivity contribution in [1.82, 2.24) is 5.32 Å². The highest BCUT2D eigenvalue weighted by Crippen LogP contribution is 2.15. The Morgan fingerprint density at radius 2 is 1.78 bits per heavy atom. The van der Waals surface area contributed by atoms with Gasteiger partial charge in [-0.1, -0.05) is 30.8 Å². The normalized spacial score (nSPS) is 10.8. The van der Waals surface area contributed by atoms with Crippen molar-refractivity contribution in [2.24, 2.45) is 0 Å². The van der Waals surface area contributed by atoms with Crippen molar-refractivity contribution in [3.63, 3.8) is 0 Å². The molecular formula is C18H25NO4. The van der Waals surface area contributed by atoms with Gasteiger partial charge < -0.3 is 10.1 Å². The van der Waals surface area contributed by atoms with Crippen molar-refractivity contribution in [2.45, 2.75) is 39.7 Å². The van der Waals surface area contributed by atoms with Crippen LogP contribution in [0.2, 0.25) is 0 Å². The second-order valence-corrected chi connectivity index (χ2v) is 6.04. The summed E-state index contributed by atoms with van der Waals surface area (Å²) in [7, 11) is 0. The van der Waals surface area contributed by atoms with Gasteiger partial charge >= 0.3 is 5.97 Å². The summed E-state index contributed by atoms with van der Waals surface area (Å²) in [5.41, 5.74) is 1.23. The van der Waals surface area contributed by atoms with Crippen LogP contribution in [-0.4, -0.2) is 29.8 Å². The first-order chi connectivity index (χ1) is 10.7. The van der Waals surface area contributed by atoms with Gasteiger partial charge in [-0.25, -0.2) is 4.79 Å². The van der Waals surface area contributed by atoms with E-state index in [0.29, 0.717) is 12.0 Å². The van der Waals surface area contributed by atoms with Gasteiger partial charge in [0.05, 0.1) is 6.61 Å². The molecule has 0 spiro atoms. The summed E-state index contributed by atoms with van der Waals surface area (Å²) in [5, 5.41) is 2.90. The number of carbonyl (C=O) groups is 3. The molecule has 0 radical (unpaired) electrons. The number of carbonyl (C=O) groups excluding carboxylic acids is 3. The molecule has 1 aromatic carbocycles. The smallest absolute Gasteiger partial charge is 0.379 e. The zero-order valence-electron chi connectivity index (χ0n) is 14.1. The van der Waals surface area contributed by atoms with Gasteiger partial charge in [-0.2, -0.15) is 0 Å². The number of rotatable bonds is 7. The van der Waals surface area contributed by atoms with Crippen LogP contribution in [0.3, 0.4) is 0 Å². The Hall–Kier alpha value is -2.43. The van der Waals surface area contributed by atoms with Crippen LogP contribution in [0.1, 0.15) is 45.0 Å². The second-order valence-electron chi connectivity index (χ2n) is 6.04. The summed E-state index contributed by atoms with van der Waals surface area (Å²) >= 11 is 0. The first kappa shape index (κ1) is 18.6. The molecule has 1 N–H and O–H groups in total. The van der Waals surface area contributed by atoms with Gasteiger partial charge in [-0.05, 0) is 39.7 Å². The lowest BCUT2D eigenvalue weighted by Gasteiger charge is -2.26. The van der Waals surface area contributed by atoms with Crippen molar-refractivity contribution in [3.8, 4) is 0 Å². The quantitative estimate of drug-likeness (QED) is 0.363. The number of hydrogen-bond acceptors (Lipinski definition) is 4. The molecule has 5 nitrogen and oxygen atoms in total. The lowest BCUT2D eigenvalue weighted by atomic mass is 9.93. The summed E-state index contributed by atoms with van der Waals surface area (Å²) in [4.78, 5) is 34.9. The lowest BCUT2D eigenvalue weighted by Crippen LogP contribution is -2.45. The Bertz CT molecular complexity index is 620. The van der Waals surface area contributed by atoms with Crippen LogP contribution in [0.25, 0.3) is 0 Å². The molecule has 126 valence electrons. The Morgan fingerprint density at radius 1 is 1.22 bits per heavy atom. The summed E-state index contributed by atoms with van der Waals surface area (Å²) in [6.07, 6.45) is 0.583. The maximum absolute atomic E-state index is 11.8. The van der Waals surface area contributed by atoms with Crippen LogP contribution < -0.4 is 5.32 Å². The fourth-order valence-corrected chi connectivity index (χ4v) is 2.06. The summed E-state index contributed by atoms with van der Waals surface area (Å²) < 4.78 is 4.69. The predicted octanol–water partition coefficient (Wildman–Crippen LogP) is 2.69. The molecule has 0 aliphatic rings. The second kappa shape index (κ2) is 7.72. The van der Waals surface area contributed by atoms with Crippen LogP contribution in [0.5, 0.6) is 0 Å². The molecule has 0 bridgehead atoms. The molecule has 0 aromatic heterocycles. The highest BCUT2D eigenvalue weighted by atomic mass is 16.5. The average Bonchev–Trinajstić information content (AvgIpc) is 2.46. The molecule has 1 amide bonds. The highest BCUT2D eigenvalue weighted by Gasteiger charge is 2.22. The Labute approximate surface area is 138 Å². The Morgan fingerprint density at radius 3 is 2.26 bits per heavy atom. The monoisotopic (exact) mass is 319 g/mol. The number of amides is 1. The summed E-state index contributed by atoms with van der Waals surface area (Å²) in [6, 6.07) is 6.71. The van der Waals surface area contributed by atoms with Crippen LogP contribution >= 0.6 is 0 Å². The van der Waals surface area contributed by atoms with Crippen LogP contribution in [-0.2, 0) is 20.7 Å². The predicted molar refractivity (Wildman–Crippen MR) is 90.3 cm³/mol. The van der Waals surface area contributed by atoms with E-state index in [1.165, 1.54) is 0 Å². The van der Waals surface area contributed by atoms with Gasteiger partial charge in [-0.3, -0.25) is 9.59 Å². The number of hydrogen-bond donors (Lipinski definition) is 1. The van der Waals surface area contributed by atoms with Crippen molar-refractivity contribution in [2.75, 3.05) is 6.61 Å². The van der Waals surface area contributed by atoms with E-state index in [2.05, 4.69) is 11.9 Å². The molecule has 1 aromatic rings. The Balaban J connectivity index is 0.00000529. The molecule has 5 heteroatoms. The molecule has 0 aliphatic carbocycles. The minimum atomic E-state index is -0.852. The fraction of sp³-hybridized carbons (Fsp3) is 0.389. The van der Waals surface area contributed by atoms with Gasteiger partial charge in [-0.15, -0.1) is 0 Å². The number of nitrogens with one attached hydrogen (secondary N) is 1. The van der Waals surface area contributed by atoms with E-state index in [1.807, 2.05) is 13.8 Å². The van der Waals surface area contributed by atoms with E-state index in [-0.39, 0.29) is 19.5 Å². The van der Waals surface area contributed by atoms with Gasteiger partial charge in [0.2, 0.25) is 5.91 Å². The molecular weight excluding hydrogens is 294 g/mol. The van der Waals surface area contributed by atoms with E-state index in [0.717, 1.165) is 5.56 Å². The molecule has 23 heavy (non-hydrogen) atoms. The maximum atomic E-state index is 11.8. The van der Waals surface area contributed by atoms with Gasteiger partial charge in [0.15, 0.2) is 0 Å². The third kappa shape index (κ3) is 5.70. The Kier molecular flexibility index (Phi) is 6.25. The number of esters is 1. The molecule has 0 heterocycles. The zero-order chi connectivity index (χ0) is 17.6. The van der Waals surface area contributed by atoms with E-state index >= 15 is 0 Å².